The summed E-state index contributed by atoms with van der Waals surface area (Å²) in [6, 6.07) is 7.57. The summed E-state index contributed by atoms with van der Waals surface area (Å²) in [4.78, 5) is 27.4. The van der Waals surface area contributed by atoms with Gasteiger partial charge in [-0.3, -0.25) is 9.59 Å². The number of carbonyl (C=O) groups excluding carboxylic acids is 2. The molecular weight excluding hydrogens is 334 g/mol. The first-order chi connectivity index (χ1) is 12.5. The van der Waals surface area contributed by atoms with Gasteiger partial charge in [0.1, 0.15) is 17.3 Å². The summed E-state index contributed by atoms with van der Waals surface area (Å²) < 4.78 is 16.5. The largest absolute Gasteiger partial charge is 0.497 e. The highest BCUT2D eigenvalue weighted by atomic mass is 16.6. The summed E-state index contributed by atoms with van der Waals surface area (Å²) in [6.45, 7) is 4.51. The Bertz CT molecular complexity index is 758. The fourth-order valence-corrected chi connectivity index (χ4v) is 4.43. The van der Waals surface area contributed by atoms with Crippen LogP contribution in [0.2, 0.25) is 0 Å². The standard InChI is InChI=1S/C20H23NO5/c1-4-25-19(23)16-15-9-10-20(26-15)11-21(18(22)17(16)20)12(2)13-5-7-14(24-3)8-6-13/h5-10,12,15-17H,4,11H2,1-3H3/t12-,15+,16+,17-,20-/m0/s1. The molecule has 26 heavy (non-hydrogen) atoms. The van der Waals surface area contributed by atoms with E-state index < -0.39 is 17.4 Å². The topological polar surface area (TPSA) is 65.1 Å². The number of rotatable bonds is 5. The first-order valence-corrected chi connectivity index (χ1v) is 8.99. The lowest BCUT2D eigenvalue weighted by Gasteiger charge is -2.27. The Balaban J connectivity index is 1.60. The quantitative estimate of drug-likeness (QED) is 0.596. The van der Waals surface area contributed by atoms with Crippen LogP contribution in [0.5, 0.6) is 5.75 Å². The first-order valence-electron chi connectivity index (χ1n) is 8.99. The highest BCUT2D eigenvalue weighted by molar-refractivity contribution is 5.91. The SMILES string of the molecule is CCOC(=O)[C@H]1[C@H]2C(=O)N([C@@H](C)c3ccc(OC)cc3)C[C@@]23C=C[C@H]1O3. The molecule has 1 spiro atoms. The number of esters is 1. The van der Waals surface area contributed by atoms with E-state index in [9.17, 15) is 9.59 Å². The van der Waals surface area contributed by atoms with Crippen LogP contribution in [-0.4, -0.2) is 48.7 Å². The number of fused-ring (bicyclic) bond motifs is 1. The van der Waals surface area contributed by atoms with Crippen molar-refractivity contribution in [2.75, 3.05) is 20.3 Å². The van der Waals surface area contributed by atoms with E-state index >= 15 is 0 Å². The van der Waals surface area contributed by atoms with E-state index in [4.69, 9.17) is 14.2 Å². The summed E-state index contributed by atoms with van der Waals surface area (Å²) >= 11 is 0. The molecule has 2 bridgehead atoms. The molecule has 1 aromatic carbocycles. The summed E-state index contributed by atoms with van der Waals surface area (Å²) in [5.41, 5.74) is 0.307. The lowest BCUT2D eigenvalue weighted by Crippen LogP contribution is -2.40. The average molecular weight is 357 g/mol. The van der Waals surface area contributed by atoms with Crippen LogP contribution in [0.15, 0.2) is 36.4 Å². The molecule has 6 heteroatoms. The van der Waals surface area contributed by atoms with Gasteiger partial charge in [0, 0.05) is 0 Å². The molecule has 0 aliphatic carbocycles. The molecule has 2 saturated heterocycles. The van der Waals surface area contributed by atoms with E-state index in [1.165, 1.54) is 0 Å². The zero-order valence-corrected chi connectivity index (χ0v) is 15.2. The molecule has 3 heterocycles. The highest BCUT2D eigenvalue weighted by Gasteiger charge is 2.67. The van der Waals surface area contributed by atoms with Crippen LogP contribution in [0.4, 0.5) is 0 Å². The Labute approximate surface area is 152 Å². The molecule has 0 N–H and O–H groups in total. The molecule has 1 aromatic rings. The maximum absolute atomic E-state index is 13.2. The third-order valence-corrected chi connectivity index (χ3v) is 5.75. The lowest BCUT2D eigenvalue weighted by molar-refractivity contribution is -0.153. The summed E-state index contributed by atoms with van der Waals surface area (Å²) in [6.07, 6.45) is 3.49. The molecule has 4 rings (SSSR count). The summed E-state index contributed by atoms with van der Waals surface area (Å²) in [7, 11) is 1.62. The van der Waals surface area contributed by atoms with Gasteiger partial charge in [-0.1, -0.05) is 24.3 Å². The first kappa shape index (κ1) is 17.1. The third-order valence-electron chi connectivity index (χ3n) is 5.75. The number of hydrogen-bond acceptors (Lipinski definition) is 5. The number of benzene rings is 1. The molecular formula is C20H23NO5. The maximum Gasteiger partial charge on any atom is 0.312 e. The van der Waals surface area contributed by atoms with Gasteiger partial charge in [0.05, 0.1) is 38.3 Å². The van der Waals surface area contributed by atoms with Gasteiger partial charge in [0.15, 0.2) is 0 Å². The Hall–Kier alpha value is -2.34. The van der Waals surface area contributed by atoms with Crippen molar-refractivity contribution in [2.24, 2.45) is 11.8 Å². The second-order valence-corrected chi connectivity index (χ2v) is 7.07. The van der Waals surface area contributed by atoms with Crippen molar-refractivity contribution in [3.05, 3.63) is 42.0 Å². The Kier molecular flexibility index (Phi) is 4.03. The summed E-state index contributed by atoms with van der Waals surface area (Å²) in [5.74, 6) is -0.673. The summed E-state index contributed by atoms with van der Waals surface area (Å²) in [5, 5.41) is 0. The van der Waals surface area contributed by atoms with E-state index in [1.807, 2.05) is 48.2 Å². The van der Waals surface area contributed by atoms with Crippen LogP contribution in [0, 0.1) is 11.8 Å². The van der Waals surface area contributed by atoms with Crippen LogP contribution in [0.25, 0.3) is 0 Å². The number of nitrogens with zero attached hydrogens (tertiary/aromatic N) is 1. The van der Waals surface area contributed by atoms with Crippen LogP contribution < -0.4 is 4.74 Å². The molecule has 6 nitrogen and oxygen atoms in total. The normalized spacial score (nSPS) is 32.7. The highest BCUT2D eigenvalue weighted by Crippen LogP contribution is 2.53. The molecule has 3 aliphatic rings. The van der Waals surface area contributed by atoms with Gasteiger partial charge in [-0.15, -0.1) is 0 Å². The number of hydrogen-bond donors (Lipinski definition) is 0. The van der Waals surface area contributed by atoms with Gasteiger partial charge >= 0.3 is 5.97 Å². The number of methoxy groups -OCH3 is 1. The minimum absolute atomic E-state index is 0.0433. The minimum atomic E-state index is -0.708. The molecule has 138 valence electrons. The van der Waals surface area contributed by atoms with E-state index in [1.54, 1.807) is 14.0 Å². The average Bonchev–Trinajstić information content (AvgIpc) is 3.29. The number of ether oxygens (including phenoxy) is 3. The maximum atomic E-state index is 13.2. The fourth-order valence-electron chi connectivity index (χ4n) is 4.43. The third kappa shape index (κ3) is 2.35. The van der Waals surface area contributed by atoms with Crippen molar-refractivity contribution in [2.45, 2.75) is 31.6 Å². The Morgan fingerprint density at radius 1 is 1.38 bits per heavy atom. The van der Waals surface area contributed by atoms with E-state index in [2.05, 4.69) is 0 Å². The molecule has 1 amide bonds. The molecule has 0 saturated carbocycles. The van der Waals surface area contributed by atoms with Gasteiger partial charge in [0.25, 0.3) is 0 Å². The monoisotopic (exact) mass is 357 g/mol. The molecule has 0 radical (unpaired) electrons. The van der Waals surface area contributed by atoms with E-state index in [0.29, 0.717) is 13.2 Å². The van der Waals surface area contributed by atoms with Gasteiger partial charge in [-0.25, -0.2) is 0 Å². The zero-order chi connectivity index (χ0) is 18.5. The second-order valence-electron chi connectivity index (χ2n) is 7.07. The van der Waals surface area contributed by atoms with Gasteiger partial charge in [-0.05, 0) is 31.5 Å². The number of likely N-dealkylation sites (tertiary alicyclic amines) is 1. The van der Waals surface area contributed by atoms with Crippen LogP contribution in [0.3, 0.4) is 0 Å². The van der Waals surface area contributed by atoms with Crippen molar-refractivity contribution in [3.63, 3.8) is 0 Å². The van der Waals surface area contributed by atoms with Crippen molar-refractivity contribution in [1.29, 1.82) is 0 Å². The number of carbonyl (C=O) groups is 2. The minimum Gasteiger partial charge on any atom is -0.497 e. The van der Waals surface area contributed by atoms with Crippen LogP contribution in [-0.2, 0) is 19.1 Å². The zero-order valence-electron chi connectivity index (χ0n) is 15.2. The van der Waals surface area contributed by atoms with Crippen molar-refractivity contribution in [1.82, 2.24) is 4.90 Å². The lowest BCUT2D eigenvalue weighted by atomic mass is 9.77. The Morgan fingerprint density at radius 3 is 2.77 bits per heavy atom. The van der Waals surface area contributed by atoms with Crippen molar-refractivity contribution in [3.8, 4) is 5.75 Å². The van der Waals surface area contributed by atoms with Crippen molar-refractivity contribution >= 4 is 11.9 Å². The van der Waals surface area contributed by atoms with E-state index in [0.717, 1.165) is 11.3 Å². The van der Waals surface area contributed by atoms with Crippen molar-refractivity contribution < 1.29 is 23.8 Å². The molecule has 2 fully saturated rings. The van der Waals surface area contributed by atoms with E-state index in [-0.39, 0.29) is 24.0 Å². The predicted octanol–water partition coefficient (Wildman–Crippen LogP) is 2.10. The Morgan fingerprint density at radius 2 is 2.12 bits per heavy atom. The molecule has 3 aliphatic heterocycles. The van der Waals surface area contributed by atoms with Gasteiger partial charge in [-0.2, -0.15) is 0 Å². The number of amides is 1. The second kappa shape index (κ2) is 6.13. The van der Waals surface area contributed by atoms with Gasteiger partial charge in [0.2, 0.25) is 5.91 Å². The molecule has 0 unspecified atom stereocenters. The molecule has 0 aromatic heterocycles. The van der Waals surface area contributed by atoms with Crippen LogP contribution >= 0.6 is 0 Å². The fraction of sp³-hybridized carbons (Fsp3) is 0.500. The molecule has 5 atom stereocenters. The van der Waals surface area contributed by atoms with Gasteiger partial charge < -0.3 is 19.1 Å². The predicted molar refractivity (Wildman–Crippen MR) is 93.5 cm³/mol. The van der Waals surface area contributed by atoms with Crippen LogP contribution in [0.1, 0.15) is 25.5 Å². The smallest absolute Gasteiger partial charge is 0.312 e.